The third-order valence-corrected chi connectivity index (χ3v) is 6.28. The lowest BCUT2D eigenvalue weighted by molar-refractivity contribution is -0.137. The van der Waals surface area contributed by atoms with E-state index in [-0.39, 0.29) is 12.3 Å². The van der Waals surface area contributed by atoms with Crippen molar-refractivity contribution in [2.45, 2.75) is 38.3 Å². The minimum absolute atomic E-state index is 0.00667. The first-order valence-corrected chi connectivity index (χ1v) is 9.99. The molecule has 3 heterocycles. The van der Waals surface area contributed by atoms with Crippen molar-refractivity contribution in [1.29, 1.82) is 0 Å². The molecule has 0 aliphatic carbocycles. The fourth-order valence-electron chi connectivity index (χ4n) is 3.44. The first-order valence-electron chi connectivity index (χ1n) is 9.18. The number of alkyl halides is 3. The van der Waals surface area contributed by atoms with E-state index in [1.807, 2.05) is 6.92 Å². The van der Waals surface area contributed by atoms with E-state index in [9.17, 15) is 13.2 Å². The van der Waals surface area contributed by atoms with Crippen molar-refractivity contribution < 1.29 is 17.9 Å². The molecule has 2 aromatic rings. The predicted molar refractivity (Wildman–Crippen MR) is 98.6 cm³/mol. The molecule has 1 aromatic heterocycles. The highest BCUT2D eigenvalue weighted by atomic mass is 32.1. The second-order valence-corrected chi connectivity index (χ2v) is 8.05. The lowest BCUT2D eigenvalue weighted by Gasteiger charge is -2.13. The Bertz CT molecular complexity index is 784. The van der Waals surface area contributed by atoms with Crippen molar-refractivity contribution in [2.24, 2.45) is 0 Å². The summed E-state index contributed by atoms with van der Waals surface area (Å²) in [5, 5.41) is 4.15. The predicted octanol–water partition coefficient (Wildman–Crippen LogP) is 4.22. The number of epoxide rings is 1. The number of aromatic nitrogens is 1. The monoisotopic (exact) mass is 397 g/mol. The second-order valence-electron chi connectivity index (χ2n) is 7.02. The summed E-state index contributed by atoms with van der Waals surface area (Å²) in [6, 6.07) is 5.15. The number of hydrogen-bond donors (Lipinski definition) is 1. The Morgan fingerprint density at radius 1 is 1.22 bits per heavy atom. The fraction of sp³-hybridized carbons (Fsp3) is 0.526. The summed E-state index contributed by atoms with van der Waals surface area (Å²) in [6.07, 6.45) is -1.75. The molecule has 1 N–H and O–H groups in total. The van der Waals surface area contributed by atoms with E-state index in [2.05, 4.69) is 15.2 Å². The number of likely N-dealkylation sites (tertiary alicyclic amines) is 1. The average molecular weight is 397 g/mol. The van der Waals surface area contributed by atoms with Gasteiger partial charge in [0.05, 0.1) is 16.1 Å². The number of hydrogen-bond acceptors (Lipinski definition) is 5. The van der Waals surface area contributed by atoms with Crippen LogP contribution in [-0.4, -0.2) is 42.3 Å². The van der Waals surface area contributed by atoms with E-state index in [1.54, 1.807) is 0 Å². The van der Waals surface area contributed by atoms with Crippen LogP contribution in [0.25, 0.3) is 10.6 Å². The largest absolute Gasteiger partial charge is 0.416 e. The maximum Gasteiger partial charge on any atom is 0.416 e. The summed E-state index contributed by atoms with van der Waals surface area (Å²) in [6.45, 7) is 6.21. The Morgan fingerprint density at radius 2 is 1.93 bits per heavy atom. The van der Waals surface area contributed by atoms with Crippen LogP contribution in [-0.2, 0) is 10.9 Å². The van der Waals surface area contributed by atoms with Crippen molar-refractivity contribution in [3.8, 4) is 10.6 Å². The number of rotatable bonds is 6. The quantitative estimate of drug-likeness (QED) is 0.741. The molecule has 4 nitrogen and oxygen atoms in total. The molecule has 0 amide bonds. The van der Waals surface area contributed by atoms with Gasteiger partial charge >= 0.3 is 6.18 Å². The van der Waals surface area contributed by atoms with E-state index in [4.69, 9.17) is 4.74 Å². The van der Waals surface area contributed by atoms with Gasteiger partial charge in [0.1, 0.15) is 17.3 Å². The molecule has 2 atom stereocenters. The summed E-state index contributed by atoms with van der Waals surface area (Å²) < 4.78 is 43.9. The van der Waals surface area contributed by atoms with Crippen molar-refractivity contribution in [3.05, 3.63) is 40.4 Å². The van der Waals surface area contributed by atoms with Crippen LogP contribution in [0.5, 0.6) is 0 Å². The van der Waals surface area contributed by atoms with E-state index in [0.29, 0.717) is 5.56 Å². The number of thiazole rings is 1. The Labute approximate surface area is 160 Å². The minimum atomic E-state index is -4.32. The molecular formula is C19H22F3N3OS. The summed E-state index contributed by atoms with van der Waals surface area (Å²) >= 11 is 1.49. The summed E-state index contributed by atoms with van der Waals surface area (Å²) in [5.41, 5.74) is 0.929. The molecule has 0 saturated carbocycles. The van der Waals surface area contributed by atoms with Gasteiger partial charge in [0.15, 0.2) is 0 Å². The fourth-order valence-corrected chi connectivity index (χ4v) is 4.57. The van der Waals surface area contributed by atoms with E-state index >= 15 is 0 Å². The van der Waals surface area contributed by atoms with E-state index in [1.165, 1.54) is 49.4 Å². The third-order valence-electron chi connectivity index (χ3n) is 5.01. The van der Waals surface area contributed by atoms with Gasteiger partial charge in [0.2, 0.25) is 0 Å². The van der Waals surface area contributed by atoms with Crippen LogP contribution in [0.2, 0.25) is 0 Å². The molecule has 2 aliphatic rings. The van der Waals surface area contributed by atoms with Crippen molar-refractivity contribution in [1.82, 2.24) is 15.2 Å². The normalized spacial score (nSPS) is 23.1. The van der Waals surface area contributed by atoms with Crippen LogP contribution in [0.4, 0.5) is 13.2 Å². The number of nitrogens with one attached hydrogen (secondary N) is 1. The van der Waals surface area contributed by atoms with E-state index in [0.717, 1.165) is 40.8 Å². The average Bonchev–Trinajstić information content (AvgIpc) is 3.02. The third kappa shape index (κ3) is 4.34. The maximum atomic E-state index is 12.7. The van der Waals surface area contributed by atoms with Gasteiger partial charge in [0, 0.05) is 18.7 Å². The van der Waals surface area contributed by atoms with Gasteiger partial charge in [-0.25, -0.2) is 4.98 Å². The van der Waals surface area contributed by atoms with Crippen LogP contribution in [0.15, 0.2) is 24.3 Å². The Morgan fingerprint density at radius 3 is 2.59 bits per heavy atom. The minimum Gasteiger partial charge on any atom is -0.347 e. The highest BCUT2D eigenvalue weighted by molar-refractivity contribution is 7.15. The smallest absolute Gasteiger partial charge is 0.347 e. The zero-order chi connectivity index (χ0) is 19.0. The van der Waals surface area contributed by atoms with Gasteiger partial charge in [-0.2, -0.15) is 13.2 Å². The SMILES string of the molecule is Cc1nc(-c2ccc(C(F)(F)F)cc2)sc1C1OC1NCCN1CCCC1. The van der Waals surface area contributed by atoms with Gasteiger partial charge in [-0.1, -0.05) is 12.1 Å². The number of nitrogens with zero attached hydrogens (tertiary/aromatic N) is 2. The van der Waals surface area contributed by atoms with Crippen LogP contribution in [0.3, 0.4) is 0 Å². The molecule has 2 saturated heterocycles. The molecule has 2 aliphatic heterocycles. The molecule has 27 heavy (non-hydrogen) atoms. The summed E-state index contributed by atoms with van der Waals surface area (Å²) in [7, 11) is 0. The zero-order valence-corrected chi connectivity index (χ0v) is 15.9. The van der Waals surface area contributed by atoms with Crippen LogP contribution < -0.4 is 5.32 Å². The van der Waals surface area contributed by atoms with Crippen molar-refractivity contribution in [3.63, 3.8) is 0 Å². The molecule has 1 aromatic carbocycles. The van der Waals surface area contributed by atoms with Crippen LogP contribution >= 0.6 is 11.3 Å². The first kappa shape index (κ1) is 18.9. The molecule has 8 heteroatoms. The van der Waals surface area contributed by atoms with Crippen LogP contribution in [0.1, 0.15) is 35.1 Å². The number of benzene rings is 1. The van der Waals surface area contributed by atoms with Crippen LogP contribution in [0, 0.1) is 6.92 Å². The van der Waals surface area contributed by atoms with Crippen molar-refractivity contribution >= 4 is 11.3 Å². The highest BCUT2D eigenvalue weighted by Gasteiger charge is 2.42. The molecule has 0 radical (unpaired) electrons. The lowest BCUT2D eigenvalue weighted by atomic mass is 10.1. The standard InChI is InChI=1S/C19H22F3N3OS/c1-12-16(15-17(26-15)23-8-11-25-9-2-3-10-25)27-18(24-12)13-4-6-14(7-5-13)19(20,21)22/h4-7,15,17,23H,2-3,8-11H2,1H3. The number of ether oxygens (including phenoxy) is 1. The number of halogens is 3. The number of aryl methyl sites for hydroxylation is 1. The molecular weight excluding hydrogens is 375 g/mol. The second kappa shape index (κ2) is 7.50. The summed E-state index contributed by atoms with van der Waals surface area (Å²) in [4.78, 5) is 8.03. The first-order chi connectivity index (χ1) is 12.9. The Hall–Kier alpha value is -1.48. The van der Waals surface area contributed by atoms with Gasteiger partial charge in [-0.3, -0.25) is 5.32 Å². The van der Waals surface area contributed by atoms with Gasteiger partial charge < -0.3 is 9.64 Å². The lowest BCUT2D eigenvalue weighted by Crippen LogP contribution is -2.31. The maximum absolute atomic E-state index is 12.7. The molecule has 146 valence electrons. The molecule has 4 rings (SSSR count). The highest BCUT2D eigenvalue weighted by Crippen LogP contribution is 2.43. The van der Waals surface area contributed by atoms with E-state index < -0.39 is 11.7 Å². The Balaban J connectivity index is 1.36. The molecule has 0 spiro atoms. The van der Waals surface area contributed by atoms with Gasteiger partial charge in [0.25, 0.3) is 0 Å². The summed E-state index contributed by atoms with van der Waals surface area (Å²) in [5.74, 6) is 0. The molecule has 0 bridgehead atoms. The molecule has 2 fully saturated rings. The Kier molecular flexibility index (Phi) is 5.24. The van der Waals surface area contributed by atoms with Gasteiger partial charge in [-0.15, -0.1) is 11.3 Å². The topological polar surface area (TPSA) is 40.7 Å². The van der Waals surface area contributed by atoms with Gasteiger partial charge in [-0.05, 0) is 45.0 Å². The molecule has 2 unspecified atom stereocenters. The van der Waals surface area contributed by atoms with Crippen molar-refractivity contribution in [2.75, 3.05) is 26.2 Å². The zero-order valence-electron chi connectivity index (χ0n) is 15.1.